The Morgan fingerprint density at radius 3 is 2.70 bits per heavy atom. The average molecular weight is 322 g/mol. The summed E-state index contributed by atoms with van der Waals surface area (Å²) in [5.74, 6) is 0.219. The van der Waals surface area contributed by atoms with Crippen LogP contribution in [0.2, 0.25) is 0 Å². The highest BCUT2D eigenvalue weighted by Crippen LogP contribution is 2.22. The van der Waals surface area contributed by atoms with Crippen LogP contribution < -0.4 is 4.80 Å². The molecule has 0 aliphatic rings. The largest absolute Gasteiger partial charge is 0.508 e. The fraction of sp³-hybridized carbons (Fsp3) is 0.105. The predicted octanol–water partition coefficient (Wildman–Crippen LogP) is 4.65. The van der Waals surface area contributed by atoms with Gasteiger partial charge < -0.3 is 9.67 Å². The molecule has 1 heterocycles. The lowest BCUT2D eigenvalue weighted by atomic mass is 10.1. The van der Waals surface area contributed by atoms with E-state index in [0.29, 0.717) is 6.54 Å². The molecule has 0 amide bonds. The van der Waals surface area contributed by atoms with E-state index in [1.54, 1.807) is 29.5 Å². The molecule has 0 unspecified atom stereocenters. The van der Waals surface area contributed by atoms with Crippen molar-refractivity contribution in [3.05, 3.63) is 76.9 Å². The zero-order valence-corrected chi connectivity index (χ0v) is 13.8. The number of rotatable bonds is 4. The van der Waals surface area contributed by atoms with Crippen molar-refractivity contribution in [2.24, 2.45) is 4.99 Å². The number of hydrogen-bond acceptors (Lipinski definition) is 3. The van der Waals surface area contributed by atoms with E-state index >= 15 is 0 Å². The van der Waals surface area contributed by atoms with E-state index < -0.39 is 0 Å². The van der Waals surface area contributed by atoms with E-state index in [1.807, 2.05) is 12.1 Å². The summed E-state index contributed by atoms with van der Waals surface area (Å²) in [5, 5.41) is 11.7. The molecule has 0 atom stereocenters. The third-order valence-electron chi connectivity index (χ3n) is 3.51. The summed E-state index contributed by atoms with van der Waals surface area (Å²) in [5.41, 5.74) is 4.25. The molecule has 3 aromatic rings. The topological polar surface area (TPSA) is 37.5 Å². The monoisotopic (exact) mass is 322 g/mol. The lowest BCUT2D eigenvalue weighted by Crippen LogP contribution is -2.14. The number of aromatic nitrogens is 1. The minimum atomic E-state index is 0.219. The van der Waals surface area contributed by atoms with Crippen molar-refractivity contribution in [1.82, 2.24) is 4.57 Å². The summed E-state index contributed by atoms with van der Waals surface area (Å²) >= 11 is 1.58. The number of aryl methyl sites for hydroxylation is 1. The second-order valence-corrected chi connectivity index (χ2v) is 6.14. The predicted molar refractivity (Wildman–Crippen MR) is 96.0 cm³/mol. The second-order valence-electron chi connectivity index (χ2n) is 5.30. The molecule has 2 aromatic carbocycles. The summed E-state index contributed by atoms with van der Waals surface area (Å²) < 4.78 is 2.13. The molecule has 0 aliphatic heterocycles. The Hall–Kier alpha value is -2.59. The molecule has 0 fully saturated rings. The lowest BCUT2D eigenvalue weighted by Gasteiger charge is -2.07. The SMILES string of the molecule is C=CCn1c(-c2ccc(C)cc2)csc1=Nc1cccc(O)c1. The molecule has 1 aromatic heterocycles. The quantitative estimate of drug-likeness (QED) is 0.698. The van der Waals surface area contributed by atoms with Crippen LogP contribution in [0.15, 0.2) is 71.6 Å². The number of phenolic OH excluding ortho intramolecular Hbond substituents is 1. The third kappa shape index (κ3) is 3.43. The maximum absolute atomic E-state index is 9.59. The normalized spacial score (nSPS) is 11.6. The van der Waals surface area contributed by atoms with Gasteiger partial charge in [-0.3, -0.25) is 0 Å². The fourth-order valence-corrected chi connectivity index (χ4v) is 3.29. The molecule has 0 saturated carbocycles. The molecule has 116 valence electrons. The van der Waals surface area contributed by atoms with Gasteiger partial charge in [0.1, 0.15) is 5.75 Å². The molecule has 0 radical (unpaired) electrons. The highest BCUT2D eigenvalue weighted by atomic mass is 32.1. The van der Waals surface area contributed by atoms with Crippen LogP contribution in [-0.4, -0.2) is 9.67 Å². The molecule has 0 bridgehead atoms. The fourth-order valence-electron chi connectivity index (χ4n) is 2.35. The Balaban J connectivity index is 2.12. The zero-order valence-electron chi connectivity index (χ0n) is 12.9. The minimum absolute atomic E-state index is 0.219. The number of hydrogen-bond donors (Lipinski definition) is 1. The Kier molecular flexibility index (Phi) is 4.44. The van der Waals surface area contributed by atoms with Crippen LogP contribution in [0, 0.1) is 6.92 Å². The van der Waals surface area contributed by atoms with E-state index in [4.69, 9.17) is 0 Å². The van der Waals surface area contributed by atoms with Crippen molar-refractivity contribution in [1.29, 1.82) is 0 Å². The number of benzene rings is 2. The van der Waals surface area contributed by atoms with Gasteiger partial charge in [0.05, 0.1) is 11.4 Å². The van der Waals surface area contributed by atoms with Crippen molar-refractivity contribution in [2.75, 3.05) is 0 Å². The van der Waals surface area contributed by atoms with Gasteiger partial charge in [-0.15, -0.1) is 17.9 Å². The van der Waals surface area contributed by atoms with Gasteiger partial charge in [-0.25, -0.2) is 4.99 Å². The van der Waals surface area contributed by atoms with Crippen molar-refractivity contribution < 1.29 is 5.11 Å². The van der Waals surface area contributed by atoms with Crippen molar-refractivity contribution in [3.8, 4) is 17.0 Å². The lowest BCUT2D eigenvalue weighted by molar-refractivity contribution is 0.475. The maximum Gasteiger partial charge on any atom is 0.190 e. The summed E-state index contributed by atoms with van der Waals surface area (Å²) in [7, 11) is 0. The third-order valence-corrected chi connectivity index (χ3v) is 4.37. The molecule has 4 heteroatoms. The number of thiazole rings is 1. The van der Waals surface area contributed by atoms with E-state index in [0.717, 1.165) is 21.7 Å². The molecule has 3 nitrogen and oxygen atoms in total. The van der Waals surface area contributed by atoms with Crippen LogP contribution in [0.1, 0.15) is 5.56 Å². The second kappa shape index (κ2) is 6.67. The van der Waals surface area contributed by atoms with Gasteiger partial charge in [-0.05, 0) is 24.6 Å². The maximum atomic E-state index is 9.59. The number of nitrogens with zero attached hydrogens (tertiary/aromatic N) is 2. The molecule has 1 N–H and O–H groups in total. The van der Waals surface area contributed by atoms with Crippen LogP contribution in [0.25, 0.3) is 11.3 Å². The van der Waals surface area contributed by atoms with Crippen LogP contribution >= 0.6 is 11.3 Å². The molecule has 0 aliphatic carbocycles. The van der Waals surface area contributed by atoms with Crippen molar-refractivity contribution >= 4 is 17.0 Å². The molecule has 0 saturated heterocycles. The highest BCUT2D eigenvalue weighted by Gasteiger charge is 2.07. The molecular formula is C19H18N2OS. The number of phenols is 1. The first kappa shape index (κ1) is 15.3. The average Bonchev–Trinajstić information content (AvgIpc) is 2.91. The van der Waals surface area contributed by atoms with Gasteiger partial charge in [0.2, 0.25) is 0 Å². The Bertz CT molecular complexity index is 888. The standard InChI is InChI=1S/C19H18N2OS/c1-3-11-21-18(15-9-7-14(2)8-10-15)13-23-19(21)20-16-5-4-6-17(22)12-16/h3-10,12-13,22H,1,11H2,2H3. The molecular weight excluding hydrogens is 304 g/mol. The number of aromatic hydroxyl groups is 1. The van der Waals surface area contributed by atoms with Crippen LogP contribution in [0.3, 0.4) is 0 Å². The van der Waals surface area contributed by atoms with Crippen molar-refractivity contribution in [2.45, 2.75) is 13.5 Å². The van der Waals surface area contributed by atoms with Gasteiger partial charge in [0, 0.05) is 18.0 Å². The Labute approximate surface area is 139 Å². The first-order chi connectivity index (χ1) is 11.2. The highest BCUT2D eigenvalue weighted by molar-refractivity contribution is 7.07. The van der Waals surface area contributed by atoms with E-state index in [-0.39, 0.29) is 5.75 Å². The van der Waals surface area contributed by atoms with Crippen LogP contribution in [-0.2, 0) is 6.54 Å². The van der Waals surface area contributed by atoms with Crippen LogP contribution in [0.4, 0.5) is 5.69 Å². The van der Waals surface area contributed by atoms with Crippen LogP contribution in [0.5, 0.6) is 5.75 Å². The summed E-state index contributed by atoms with van der Waals surface area (Å²) in [4.78, 5) is 5.54. The molecule has 3 rings (SSSR count). The summed E-state index contributed by atoms with van der Waals surface area (Å²) in [6, 6.07) is 15.4. The van der Waals surface area contributed by atoms with Gasteiger partial charge >= 0.3 is 0 Å². The zero-order chi connectivity index (χ0) is 16.2. The van der Waals surface area contributed by atoms with E-state index in [9.17, 15) is 5.11 Å². The number of allylic oxidation sites excluding steroid dienone is 1. The molecule has 23 heavy (non-hydrogen) atoms. The van der Waals surface area contributed by atoms with Gasteiger partial charge in [0.15, 0.2) is 4.80 Å². The van der Waals surface area contributed by atoms with Gasteiger partial charge in [0.25, 0.3) is 0 Å². The smallest absolute Gasteiger partial charge is 0.190 e. The summed E-state index contributed by atoms with van der Waals surface area (Å²) in [6.45, 7) is 6.61. The Morgan fingerprint density at radius 2 is 2.00 bits per heavy atom. The van der Waals surface area contributed by atoms with Crippen molar-refractivity contribution in [3.63, 3.8) is 0 Å². The molecule has 0 spiro atoms. The minimum Gasteiger partial charge on any atom is -0.508 e. The van der Waals surface area contributed by atoms with E-state index in [1.165, 1.54) is 5.56 Å². The Morgan fingerprint density at radius 1 is 1.22 bits per heavy atom. The van der Waals surface area contributed by atoms with Gasteiger partial charge in [-0.2, -0.15) is 0 Å². The first-order valence-electron chi connectivity index (χ1n) is 7.37. The van der Waals surface area contributed by atoms with E-state index in [2.05, 4.69) is 52.7 Å². The first-order valence-corrected chi connectivity index (χ1v) is 8.25. The van der Waals surface area contributed by atoms with Gasteiger partial charge in [-0.1, -0.05) is 42.0 Å². The summed E-state index contributed by atoms with van der Waals surface area (Å²) in [6.07, 6.45) is 1.87.